The van der Waals surface area contributed by atoms with Gasteiger partial charge in [0.25, 0.3) is 0 Å². The molecule has 20 heavy (non-hydrogen) atoms. The van der Waals surface area contributed by atoms with Gasteiger partial charge in [-0.3, -0.25) is 4.68 Å². The SMILES string of the molecule is CC(C)CCCC(C)NC(N)=NCc1ccnn1C.I. The van der Waals surface area contributed by atoms with Crippen LogP contribution < -0.4 is 11.1 Å². The molecule has 1 heterocycles. The quantitative estimate of drug-likeness (QED) is 0.425. The highest BCUT2D eigenvalue weighted by Gasteiger charge is 2.04. The predicted octanol–water partition coefficient (Wildman–Crippen LogP) is 2.66. The average Bonchev–Trinajstić information content (AvgIpc) is 2.71. The van der Waals surface area contributed by atoms with Crippen LogP contribution in [0.2, 0.25) is 0 Å². The molecule has 0 amide bonds. The number of rotatable bonds is 7. The first kappa shape index (κ1) is 19.2. The number of nitrogens with one attached hydrogen (secondary N) is 1. The molecule has 0 saturated heterocycles. The van der Waals surface area contributed by atoms with Gasteiger partial charge in [-0.2, -0.15) is 5.10 Å². The van der Waals surface area contributed by atoms with Crippen LogP contribution in [0.1, 0.15) is 45.7 Å². The molecule has 1 aromatic heterocycles. The molecule has 1 atom stereocenters. The van der Waals surface area contributed by atoms with Crippen LogP contribution in [0.15, 0.2) is 17.3 Å². The zero-order valence-electron chi connectivity index (χ0n) is 13.0. The fourth-order valence-corrected chi connectivity index (χ4v) is 1.93. The van der Waals surface area contributed by atoms with E-state index in [1.807, 2.05) is 17.8 Å². The number of guanidine groups is 1. The molecule has 116 valence electrons. The normalized spacial score (nSPS) is 13.2. The van der Waals surface area contributed by atoms with E-state index in [1.165, 1.54) is 12.8 Å². The van der Waals surface area contributed by atoms with Gasteiger partial charge in [0.15, 0.2) is 5.96 Å². The smallest absolute Gasteiger partial charge is 0.189 e. The van der Waals surface area contributed by atoms with Gasteiger partial charge in [0.2, 0.25) is 0 Å². The van der Waals surface area contributed by atoms with Gasteiger partial charge in [0.05, 0.1) is 12.2 Å². The molecular weight excluding hydrogens is 365 g/mol. The first-order chi connectivity index (χ1) is 8.99. The van der Waals surface area contributed by atoms with Crippen molar-refractivity contribution in [3.63, 3.8) is 0 Å². The summed E-state index contributed by atoms with van der Waals surface area (Å²) in [5.41, 5.74) is 6.94. The van der Waals surface area contributed by atoms with Crippen molar-refractivity contribution >= 4 is 29.9 Å². The zero-order chi connectivity index (χ0) is 14.3. The molecule has 0 aliphatic rings. The highest BCUT2D eigenvalue weighted by molar-refractivity contribution is 14.0. The van der Waals surface area contributed by atoms with Crippen molar-refractivity contribution < 1.29 is 0 Å². The van der Waals surface area contributed by atoms with E-state index < -0.39 is 0 Å². The largest absolute Gasteiger partial charge is 0.370 e. The van der Waals surface area contributed by atoms with Crippen LogP contribution in [-0.4, -0.2) is 21.8 Å². The summed E-state index contributed by atoms with van der Waals surface area (Å²) in [5, 5.41) is 7.33. The third-order valence-electron chi connectivity index (χ3n) is 3.15. The maximum Gasteiger partial charge on any atom is 0.189 e. The molecule has 0 radical (unpaired) electrons. The van der Waals surface area contributed by atoms with Gasteiger partial charge in [0, 0.05) is 19.3 Å². The van der Waals surface area contributed by atoms with Gasteiger partial charge in [-0.1, -0.05) is 26.7 Å². The van der Waals surface area contributed by atoms with Crippen LogP contribution in [-0.2, 0) is 13.6 Å². The summed E-state index contributed by atoms with van der Waals surface area (Å²) in [5.74, 6) is 1.28. The van der Waals surface area contributed by atoms with Crippen LogP contribution in [0, 0.1) is 5.92 Å². The van der Waals surface area contributed by atoms with Crippen LogP contribution >= 0.6 is 24.0 Å². The number of halogens is 1. The average molecular weight is 393 g/mol. The van der Waals surface area contributed by atoms with Crippen LogP contribution in [0.3, 0.4) is 0 Å². The number of hydrogen-bond acceptors (Lipinski definition) is 2. The van der Waals surface area contributed by atoms with E-state index in [0.717, 1.165) is 18.0 Å². The summed E-state index contributed by atoms with van der Waals surface area (Å²) in [7, 11) is 1.91. The Morgan fingerprint density at radius 3 is 2.65 bits per heavy atom. The van der Waals surface area contributed by atoms with Gasteiger partial charge >= 0.3 is 0 Å². The molecule has 3 N–H and O–H groups in total. The van der Waals surface area contributed by atoms with Crippen molar-refractivity contribution in [1.82, 2.24) is 15.1 Å². The second-order valence-corrected chi connectivity index (χ2v) is 5.52. The molecule has 0 aliphatic carbocycles. The minimum absolute atomic E-state index is 0. The molecule has 1 unspecified atom stereocenters. The maximum atomic E-state index is 5.88. The lowest BCUT2D eigenvalue weighted by Crippen LogP contribution is -2.38. The lowest BCUT2D eigenvalue weighted by Gasteiger charge is -2.15. The molecule has 5 nitrogen and oxygen atoms in total. The number of aromatic nitrogens is 2. The fourth-order valence-electron chi connectivity index (χ4n) is 1.93. The van der Waals surface area contributed by atoms with Gasteiger partial charge in [-0.05, 0) is 25.3 Å². The third-order valence-corrected chi connectivity index (χ3v) is 3.15. The predicted molar refractivity (Wildman–Crippen MR) is 95.2 cm³/mol. The standard InChI is InChI=1S/C14H27N5.HI/c1-11(2)6-5-7-12(3)18-14(15)16-10-13-8-9-17-19(13)4;/h8-9,11-12H,5-7,10H2,1-4H3,(H3,15,16,18);1H. The molecule has 0 bridgehead atoms. The van der Waals surface area contributed by atoms with Gasteiger partial charge in [-0.15, -0.1) is 24.0 Å². The highest BCUT2D eigenvalue weighted by atomic mass is 127. The van der Waals surface area contributed by atoms with Crippen molar-refractivity contribution in [2.24, 2.45) is 23.7 Å². The second kappa shape index (κ2) is 10.0. The van der Waals surface area contributed by atoms with E-state index in [0.29, 0.717) is 18.5 Å². The van der Waals surface area contributed by atoms with E-state index in [4.69, 9.17) is 5.73 Å². The maximum absolute atomic E-state index is 5.88. The molecule has 1 aromatic rings. The molecule has 0 spiro atoms. The van der Waals surface area contributed by atoms with Crippen molar-refractivity contribution in [1.29, 1.82) is 0 Å². The molecule has 0 fully saturated rings. The second-order valence-electron chi connectivity index (χ2n) is 5.52. The summed E-state index contributed by atoms with van der Waals surface area (Å²) in [6, 6.07) is 2.32. The monoisotopic (exact) mass is 393 g/mol. The minimum atomic E-state index is 0. The minimum Gasteiger partial charge on any atom is -0.370 e. The summed E-state index contributed by atoms with van der Waals surface area (Å²) >= 11 is 0. The third kappa shape index (κ3) is 7.72. The Morgan fingerprint density at radius 2 is 2.10 bits per heavy atom. The number of aryl methyl sites for hydroxylation is 1. The van der Waals surface area contributed by atoms with E-state index in [2.05, 4.69) is 36.2 Å². The number of nitrogens with zero attached hydrogens (tertiary/aromatic N) is 3. The van der Waals surface area contributed by atoms with Gasteiger partial charge in [0.1, 0.15) is 0 Å². The van der Waals surface area contributed by atoms with Gasteiger partial charge in [-0.25, -0.2) is 4.99 Å². The van der Waals surface area contributed by atoms with Crippen molar-refractivity contribution in [3.8, 4) is 0 Å². The molecule has 0 saturated carbocycles. The Balaban J connectivity index is 0.00000361. The lowest BCUT2D eigenvalue weighted by molar-refractivity contribution is 0.493. The fraction of sp³-hybridized carbons (Fsp3) is 0.714. The molecule has 0 aromatic carbocycles. The molecule has 0 aliphatic heterocycles. The number of hydrogen-bond donors (Lipinski definition) is 2. The first-order valence-electron chi connectivity index (χ1n) is 7.02. The van der Waals surface area contributed by atoms with E-state index in [-0.39, 0.29) is 24.0 Å². The Morgan fingerprint density at radius 1 is 1.40 bits per heavy atom. The van der Waals surface area contributed by atoms with E-state index in [9.17, 15) is 0 Å². The van der Waals surface area contributed by atoms with Crippen molar-refractivity contribution in [3.05, 3.63) is 18.0 Å². The van der Waals surface area contributed by atoms with Crippen molar-refractivity contribution in [2.45, 2.75) is 52.6 Å². The van der Waals surface area contributed by atoms with E-state index >= 15 is 0 Å². The topological polar surface area (TPSA) is 68.2 Å². The Labute approximate surface area is 139 Å². The Bertz CT molecular complexity index is 400. The first-order valence-corrected chi connectivity index (χ1v) is 7.02. The molecular formula is C14H28IN5. The molecule has 1 rings (SSSR count). The molecule has 6 heteroatoms. The zero-order valence-corrected chi connectivity index (χ0v) is 15.3. The number of aliphatic imine (C=N–C) groups is 1. The van der Waals surface area contributed by atoms with Crippen molar-refractivity contribution in [2.75, 3.05) is 0 Å². The number of nitrogens with two attached hydrogens (primary N) is 1. The Hall–Kier alpha value is -0.790. The van der Waals surface area contributed by atoms with E-state index in [1.54, 1.807) is 6.20 Å². The highest BCUT2D eigenvalue weighted by Crippen LogP contribution is 2.08. The van der Waals surface area contributed by atoms with Crippen LogP contribution in [0.5, 0.6) is 0 Å². The van der Waals surface area contributed by atoms with Crippen LogP contribution in [0.25, 0.3) is 0 Å². The van der Waals surface area contributed by atoms with Crippen LogP contribution in [0.4, 0.5) is 0 Å². The summed E-state index contributed by atoms with van der Waals surface area (Å²) in [6.45, 7) is 7.21. The lowest BCUT2D eigenvalue weighted by atomic mass is 10.0. The van der Waals surface area contributed by atoms with Gasteiger partial charge < -0.3 is 11.1 Å². The summed E-state index contributed by atoms with van der Waals surface area (Å²) in [4.78, 5) is 4.33. The Kier molecular flexibility index (Phi) is 9.62. The summed E-state index contributed by atoms with van der Waals surface area (Å²) in [6.07, 6.45) is 5.38. The summed E-state index contributed by atoms with van der Waals surface area (Å²) < 4.78 is 1.81.